The maximum Gasteiger partial charge on any atom is 0.338 e. The molecule has 4 rings (SSSR count). The van der Waals surface area contributed by atoms with Gasteiger partial charge in [0, 0.05) is 5.56 Å². The van der Waals surface area contributed by atoms with Crippen molar-refractivity contribution in [1.29, 1.82) is 0 Å². The van der Waals surface area contributed by atoms with Crippen LogP contribution in [0.2, 0.25) is 0 Å². The van der Waals surface area contributed by atoms with Gasteiger partial charge in [-0.1, -0.05) is 12.1 Å². The lowest BCUT2D eigenvalue weighted by Gasteiger charge is -2.14. The Morgan fingerprint density at radius 2 is 1.59 bits per heavy atom. The van der Waals surface area contributed by atoms with Gasteiger partial charge in [0.25, 0.3) is 11.8 Å². The largest absolute Gasteiger partial charge is 0.465 e. The number of methoxy groups -OCH3 is 1. The van der Waals surface area contributed by atoms with Crippen molar-refractivity contribution >= 4 is 35.5 Å². The number of benzene rings is 2. The second-order valence-electron chi connectivity index (χ2n) is 7.18. The zero-order valence-electron chi connectivity index (χ0n) is 18.4. The topological polar surface area (TPSA) is 115 Å². The number of carbonyl (C=O) groups is 4. The first-order chi connectivity index (χ1) is 16.4. The van der Waals surface area contributed by atoms with Crippen LogP contribution < -0.4 is 10.4 Å². The van der Waals surface area contributed by atoms with Gasteiger partial charge in [-0.05, 0) is 61.5 Å². The van der Waals surface area contributed by atoms with Crippen LogP contribution in [0.15, 0.2) is 70.7 Å². The molecule has 1 aromatic heterocycles. The molecule has 1 aliphatic heterocycles. The van der Waals surface area contributed by atoms with E-state index in [9.17, 15) is 19.2 Å². The van der Waals surface area contributed by atoms with Gasteiger partial charge in [0.2, 0.25) is 0 Å². The maximum atomic E-state index is 12.8. The number of hydrogen-bond donors (Lipinski definition) is 1. The smallest absolute Gasteiger partial charge is 0.338 e. The van der Waals surface area contributed by atoms with Crippen molar-refractivity contribution in [2.45, 2.75) is 6.92 Å². The summed E-state index contributed by atoms with van der Waals surface area (Å²) in [5.41, 5.74) is 4.23. The van der Waals surface area contributed by atoms with Crippen molar-refractivity contribution < 1.29 is 33.1 Å². The molecule has 2 amide bonds. The average molecular weight is 460 g/mol. The molecule has 172 valence electrons. The predicted octanol–water partition coefficient (Wildman–Crippen LogP) is 3.37. The molecular formula is C25H20N2O7. The molecule has 0 unspecified atom stereocenters. The molecule has 9 heteroatoms. The monoisotopic (exact) mass is 460 g/mol. The first-order valence-corrected chi connectivity index (χ1v) is 10.3. The van der Waals surface area contributed by atoms with Gasteiger partial charge in [0.1, 0.15) is 17.1 Å². The number of hydrogen-bond acceptors (Lipinski definition) is 7. The molecule has 1 fully saturated rings. The number of nitrogens with zero attached hydrogens (tertiary/aromatic N) is 1. The van der Waals surface area contributed by atoms with Crippen LogP contribution in [0.25, 0.3) is 17.4 Å². The molecule has 1 N–H and O–H groups in total. The molecule has 0 radical (unpaired) electrons. The van der Waals surface area contributed by atoms with Crippen molar-refractivity contribution in [2.24, 2.45) is 0 Å². The van der Waals surface area contributed by atoms with E-state index < -0.39 is 23.8 Å². The Morgan fingerprint density at radius 3 is 2.24 bits per heavy atom. The highest BCUT2D eigenvalue weighted by molar-refractivity contribution is 6.31. The molecule has 9 nitrogen and oxygen atoms in total. The Balaban J connectivity index is 1.51. The molecule has 2 heterocycles. The normalized spacial score (nSPS) is 14.3. The van der Waals surface area contributed by atoms with E-state index in [-0.39, 0.29) is 5.57 Å². The summed E-state index contributed by atoms with van der Waals surface area (Å²) in [4.78, 5) is 48.6. The van der Waals surface area contributed by atoms with Crippen LogP contribution in [0.4, 0.5) is 5.69 Å². The number of ether oxygens (including phenoxy) is 2. The van der Waals surface area contributed by atoms with E-state index in [1.807, 2.05) is 0 Å². The van der Waals surface area contributed by atoms with Crippen molar-refractivity contribution in [3.05, 3.63) is 83.1 Å². The first-order valence-electron chi connectivity index (χ1n) is 10.3. The van der Waals surface area contributed by atoms with Crippen LogP contribution in [-0.4, -0.2) is 37.5 Å². The number of furan rings is 1. The van der Waals surface area contributed by atoms with Gasteiger partial charge in [0.15, 0.2) is 0 Å². The quantitative estimate of drug-likeness (QED) is 0.341. The van der Waals surface area contributed by atoms with Gasteiger partial charge < -0.3 is 13.9 Å². The lowest BCUT2D eigenvalue weighted by Crippen LogP contribution is -2.35. The summed E-state index contributed by atoms with van der Waals surface area (Å²) >= 11 is 0. The van der Waals surface area contributed by atoms with E-state index in [1.54, 1.807) is 43.3 Å². The molecule has 0 saturated carbocycles. The number of carbonyl (C=O) groups excluding carboxylic acids is 4. The lowest BCUT2D eigenvalue weighted by atomic mass is 10.1. The van der Waals surface area contributed by atoms with Crippen LogP contribution >= 0.6 is 0 Å². The van der Waals surface area contributed by atoms with E-state index >= 15 is 0 Å². The summed E-state index contributed by atoms with van der Waals surface area (Å²) in [6.45, 7) is 2.03. The number of rotatable bonds is 6. The molecular weight excluding hydrogens is 440 g/mol. The van der Waals surface area contributed by atoms with Crippen LogP contribution in [-0.2, 0) is 19.1 Å². The number of nitrogens with one attached hydrogen (secondary N) is 1. The Hall–Kier alpha value is -4.66. The van der Waals surface area contributed by atoms with Crippen molar-refractivity contribution in [1.82, 2.24) is 5.43 Å². The van der Waals surface area contributed by atoms with Crippen molar-refractivity contribution in [2.75, 3.05) is 18.7 Å². The van der Waals surface area contributed by atoms with E-state index in [0.29, 0.717) is 40.5 Å². The molecule has 3 aromatic rings. The molecule has 1 aliphatic rings. The highest BCUT2D eigenvalue weighted by Gasteiger charge is 2.34. The fourth-order valence-corrected chi connectivity index (χ4v) is 3.32. The third-order valence-corrected chi connectivity index (χ3v) is 5.03. The van der Waals surface area contributed by atoms with Gasteiger partial charge in [-0.15, -0.1) is 0 Å². The zero-order valence-corrected chi connectivity index (χ0v) is 18.4. The van der Waals surface area contributed by atoms with Crippen molar-refractivity contribution in [3.63, 3.8) is 0 Å². The summed E-state index contributed by atoms with van der Waals surface area (Å²) in [7, 11) is 1.27. The first kappa shape index (κ1) is 22.5. The molecule has 0 spiro atoms. The highest BCUT2D eigenvalue weighted by atomic mass is 16.5. The van der Waals surface area contributed by atoms with Gasteiger partial charge in [-0.2, -0.15) is 0 Å². The minimum Gasteiger partial charge on any atom is -0.465 e. The third-order valence-electron chi connectivity index (χ3n) is 5.03. The van der Waals surface area contributed by atoms with Crippen LogP contribution in [0.3, 0.4) is 0 Å². The third kappa shape index (κ3) is 4.44. The Kier molecular flexibility index (Phi) is 6.26. The average Bonchev–Trinajstić information content (AvgIpc) is 3.44. The SMILES string of the molecule is CCOC(=O)c1ccc(-c2ccc(C=C3C(=O)NN(c4ccc(C(=O)OC)cc4)C3=O)o2)cc1. The predicted molar refractivity (Wildman–Crippen MR) is 121 cm³/mol. The number of anilines is 1. The molecule has 34 heavy (non-hydrogen) atoms. The number of hydrazine groups is 1. The standard InChI is InChI=1S/C25H20N2O7/c1-3-33-25(31)17-6-4-15(5-7-17)21-13-12-19(34-21)14-20-22(28)26-27(23(20)29)18-10-8-16(9-11-18)24(30)32-2/h4-14H,3H2,1-2H3,(H,26,28). The molecule has 0 atom stereocenters. The molecule has 0 aliphatic carbocycles. The molecule has 2 aromatic carbocycles. The number of esters is 2. The summed E-state index contributed by atoms with van der Waals surface area (Å²) < 4.78 is 15.4. The van der Waals surface area contributed by atoms with Gasteiger partial charge in [0.05, 0.1) is 30.5 Å². The molecule has 0 bridgehead atoms. The van der Waals surface area contributed by atoms with E-state index in [2.05, 4.69) is 10.2 Å². The fraction of sp³-hybridized carbons (Fsp3) is 0.120. The maximum absolute atomic E-state index is 12.8. The van der Waals surface area contributed by atoms with Crippen molar-refractivity contribution in [3.8, 4) is 11.3 Å². The van der Waals surface area contributed by atoms with E-state index in [1.165, 1.54) is 37.5 Å². The van der Waals surface area contributed by atoms with E-state index in [4.69, 9.17) is 9.15 Å². The Morgan fingerprint density at radius 1 is 0.941 bits per heavy atom. The highest BCUT2D eigenvalue weighted by Crippen LogP contribution is 2.26. The second-order valence-corrected chi connectivity index (χ2v) is 7.18. The fourth-order valence-electron chi connectivity index (χ4n) is 3.32. The lowest BCUT2D eigenvalue weighted by molar-refractivity contribution is -0.117. The molecule has 1 saturated heterocycles. The zero-order chi connectivity index (χ0) is 24.2. The summed E-state index contributed by atoms with van der Waals surface area (Å²) in [6.07, 6.45) is 1.36. The summed E-state index contributed by atoms with van der Waals surface area (Å²) in [5.74, 6) is -1.25. The minimum atomic E-state index is -0.584. The van der Waals surface area contributed by atoms with Gasteiger partial charge >= 0.3 is 11.9 Å². The van der Waals surface area contributed by atoms with Crippen LogP contribution in [0, 0.1) is 0 Å². The van der Waals surface area contributed by atoms with E-state index in [0.717, 1.165) is 5.01 Å². The minimum absolute atomic E-state index is 0.101. The van der Waals surface area contributed by atoms with Gasteiger partial charge in [-0.3, -0.25) is 15.0 Å². The Bertz CT molecular complexity index is 1290. The van der Waals surface area contributed by atoms with Crippen LogP contribution in [0.5, 0.6) is 0 Å². The summed E-state index contributed by atoms with van der Waals surface area (Å²) in [6, 6.07) is 16.1. The number of amides is 2. The van der Waals surface area contributed by atoms with Gasteiger partial charge in [-0.25, -0.2) is 14.6 Å². The summed E-state index contributed by atoms with van der Waals surface area (Å²) in [5, 5.41) is 1.09. The Labute approximate surface area is 194 Å². The van der Waals surface area contributed by atoms with Crippen LogP contribution in [0.1, 0.15) is 33.4 Å². The second kappa shape index (κ2) is 9.45.